The molecule has 0 spiro atoms. The highest BCUT2D eigenvalue weighted by molar-refractivity contribution is 5.74. The average Bonchev–Trinajstić information content (AvgIpc) is 3.06. The zero-order valence-electron chi connectivity index (χ0n) is 13.1. The number of urea groups is 1. The Kier molecular flexibility index (Phi) is 5.35. The zero-order chi connectivity index (χ0) is 15.9. The third-order valence-corrected chi connectivity index (χ3v) is 3.57. The molecule has 0 radical (unpaired) electrons. The third kappa shape index (κ3) is 3.75. The Balaban J connectivity index is 1.91. The molecule has 0 bridgehead atoms. The fourth-order valence-electron chi connectivity index (χ4n) is 2.15. The SMILES string of the molecule is COc1ccccc1[C@H](C)N(C)C(=O)NCCn1cncn1. The summed E-state index contributed by atoms with van der Waals surface area (Å²) in [4.78, 5) is 17.7. The summed E-state index contributed by atoms with van der Waals surface area (Å²) in [6.07, 6.45) is 3.09. The molecule has 7 heteroatoms. The molecule has 2 amide bonds. The molecular formula is C15H21N5O2. The topological polar surface area (TPSA) is 72.3 Å². The van der Waals surface area contributed by atoms with Crippen molar-refractivity contribution in [3.63, 3.8) is 0 Å². The van der Waals surface area contributed by atoms with Crippen molar-refractivity contribution in [3.8, 4) is 5.75 Å². The van der Waals surface area contributed by atoms with E-state index in [2.05, 4.69) is 15.4 Å². The van der Waals surface area contributed by atoms with Crippen LogP contribution < -0.4 is 10.1 Å². The predicted molar refractivity (Wildman–Crippen MR) is 82.6 cm³/mol. The number of hydrogen-bond acceptors (Lipinski definition) is 4. The van der Waals surface area contributed by atoms with E-state index in [9.17, 15) is 4.79 Å². The summed E-state index contributed by atoms with van der Waals surface area (Å²) < 4.78 is 7.02. The van der Waals surface area contributed by atoms with Gasteiger partial charge in [0.05, 0.1) is 19.7 Å². The number of rotatable bonds is 6. The fourth-order valence-corrected chi connectivity index (χ4v) is 2.15. The second-order valence-corrected chi connectivity index (χ2v) is 4.92. The van der Waals surface area contributed by atoms with Gasteiger partial charge in [-0.2, -0.15) is 5.10 Å². The van der Waals surface area contributed by atoms with E-state index in [0.29, 0.717) is 13.1 Å². The molecule has 1 heterocycles. The molecular weight excluding hydrogens is 282 g/mol. The van der Waals surface area contributed by atoms with E-state index in [1.165, 1.54) is 6.33 Å². The number of aromatic nitrogens is 3. The number of benzene rings is 1. The second kappa shape index (κ2) is 7.44. The van der Waals surface area contributed by atoms with Crippen molar-refractivity contribution in [2.75, 3.05) is 20.7 Å². The second-order valence-electron chi connectivity index (χ2n) is 4.92. The molecule has 22 heavy (non-hydrogen) atoms. The van der Waals surface area contributed by atoms with E-state index < -0.39 is 0 Å². The van der Waals surface area contributed by atoms with Crippen molar-refractivity contribution in [3.05, 3.63) is 42.5 Å². The summed E-state index contributed by atoms with van der Waals surface area (Å²) in [6.45, 7) is 3.04. The van der Waals surface area contributed by atoms with Gasteiger partial charge in [0.15, 0.2) is 0 Å². The molecule has 0 aliphatic heterocycles. The number of amides is 2. The number of methoxy groups -OCH3 is 1. The molecule has 1 N–H and O–H groups in total. The van der Waals surface area contributed by atoms with Crippen molar-refractivity contribution in [1.29, 1.82) is 0 Å². The first-order valence-electron chi connectivity index (χ1n) is 7.09. The number of carbonyl (C=O) groups excluding carboxylic acids is 1. The Morgan fingerprint density at radius 2 is 2.23 bits per heavy atom. The van der Waals surface area contributed by atoms with Gasteiger partial charge in [-0.05, 0) is 13.0 Å². The van der Waals surface area contributed by atoms with Crippen LogP contribution in [0.5, 0.6) is 5.75 Å². The van der Waals surface area contributed by atoms with Gasteiger partial charge in [-0.1, -0.05) is 18.2 Å². The van der Waals surface area contributed by atoms with Crippen molar-refractivity contribution in [1.82, 2.24) is 25.0 Å². The van der Waals surface area contributed by atoms with Crippen LogP contribution in [0.25, 0.3) is 0 Å². The summed E-state index contributed by atoms with van der Waals surface area (Å²) >= 11 is 0. The minimum Gasteiger partial charge on any atom is -0.496 e. The van der Waals surface area contributed by atoms with E-state index in [-0.39, 0.29) is 12.1 Å². The number of nitrogens with zero attached hydrogens (tertiary/aromatic N) is 4. The fraction of sp³-hybridized carbons (Fsp3) is 0.400. The molecule has 0 saturated carbocycles. The molecule has 1 aromatic carbocycles. The lowest BCUT2D eigenvalue weighted by molar-refractivity contribution is 0.193. The van der Waals surface area contributed by atoms with Crippen molar-refractivity contribution in [2.45, 2.75) is 19.5 Å². The Hall–Kier alpha value is -2.57. The summed E-state index contributed by atoms with van der Waals surface area (Å²) in [5, 5.41) is 6.85. The van der Waals surface area contributed by atoms with Crippen LogP contribution in [0.1, 0.15) is 18.5 Å². The van der Waals surface area contributed by atoms with Crippen molar-refractivity contribution >= 4 is 6.03 Å². The Bertz CT molecular complexity index is 600. The van der Waals surface area contributed by atoms with Crippen LogP contribution in [0.3, 0.4) is 0 Å². The molecule has 0 aliphatic rings. The highest BCUT2D eigenvalue weighted by Gasteiger charge is 2.19. The molecule has 1 aromatic heterocycles. The minimum absolute atomic E-state index is 0.0949. The van der Waals surface area contributed by atoms with Gasteiger partial charge in [0.1, 0.15) is 18.4 Å². The molecule has 7 nitrogen and oxygen atoms in total. The van der Waals surface area contributed by atoms with Crippen LogP contribution in [-0.4, -0.2) is 46.4 Å². The molecule has 118 valence electrons. The first kappa shape index (κ1) is 15.8. The van der Waals surface area contributed by atoms with E-state index in [1.807, 2.05) is 31.2 Å². The number of nitrogens with one attached hydrogen (secondary N) is 1. The van der Waals surface area contributed by atoms with Gasteiger partial charge >= 0.3 is 6.03 Å². The zero-order valence-corrected chi connectivity index (χ0v) is 13.1. The number of para-hydroxylation sites is 1. The number of hydrogen-bond donors (Lipinski definition) is 1. The highest BCUT2D eigenvalue weighted by atomic mass is 16.5. The van der Waals surface area contributed by atoms with Crippen LogP contribution >= 0.6 is 0 Å². The Labute approximate surface area is 129 Å². The predicted octanol–water partition coefficient (Wildman–Crippen LogP) is 1.69. The van der Waals surface area contributed by atoms with Crippen LogP contribution in [-0.2, 0) is 6.54 Å². The molecule has 0 unspecified atom stereocenters. The van der Waals surface area contributed by atoms with E-state index in [4.69, 9.17) is 4.74 Å². The summed E-state index contributed by atoms with van der Waals surface area (Å²) in [6, 6.07) is 7.46. The van der Waals surface area contributed by atoms with Crippen LogP contribution in [0.15, 0.2) is 36.9 Å². The van der Waals surface area contributed by atoms with Crippen LogP contribution in [0.2, 0.25) is 0 Å². The first-order chi connectivity index (χ1) is 10.6. The minimum atomic E-state index is -0.140. The maximum atomic E-state index is 12.2. The third-order valence-electron chi connectivity index (χ3n) is 3.57. The van der Waals surface area contributed by atoms with E-state index in [0.717, 1.165) is 11.3 Å². The normalized spacial score (nSPS) is 11.8. The van der Waals surface area contributed by atoms with Gasteiger partial charge in [0.25, 0.3) is 0 Å². The maximum absolute atomic E-state index is 12.2. The lowest BCUT2D eigenvalue weighted by Crippen LogP contribution is -2.40. The van der Waals surface area contributed by atoms with Gasteiger partial charge < -0.3 is 15.0 Å². The lowest BCUT2D eigenvalue weighted by atomic mass is 10.1. The monoisotopic (exact) mass is 303 g/mol. The van der Waals surface area contributed by atoms with Crippen LogP contribution in [0.4, 0.5) is 4.79 Å². The van der Waals surface area contributed by atoms with Gasteiger partial charge in [-0.25, -0.2) is 9.78 Å². The van der Waals surface area contributed by atoms with Crippen molar-refractivity contribution in [2.24, 2.45) is 0 Å². The number of ether oxygens (including phenoxy) is 1. The van der Waals surface area contributed by atoms with E-state index >= 15 is 0 Å². The Morgan fingerprint density at radius 1 is 1.45 bits per heavy atom. The molecule has 0 aliphatic carbocycles. The Morgan fingerprint density at radius 3 is 2.91 bits per heavy atom. The van der Waals surface area contributed by atoms with Gasteiger partial charge in [-0.15, -0.1) is 0 Å². The highest BCUT2D eigenvalue weighted by Crippen LogP contribution is 2.27. The quantitative estimate of drug-likeness (QED) is 0.881. The molecule has 2 aromatic rings. The molecule has 1 atom stereocenters. The summed E-state index contributed by atoms with van der Waals surface area (Å²) in [7, 11) is 3.39. The molecule has 0 fully saturated rings. The summed E-state index contributed by atoms with van der Waals surface area (Å²) in [5.74, 6) is 0.775. The molecule has 0 saturated heterocycles. The lowest BCUT2D eigenvalue weighted by Gasteiger charge is -2.26. The van der Waals surface area contributed by atoms with Crippen LogP contribution in [0, 0.1) is 0 Å². The standard InChI is InChI=1S/C15H21N5O2/c1-12(13-6-4-5-7-14(13)22-3)19(2)15(21)17-8-9-20-11-16-10-18-20/h4-7,10-12H,8-9H2,1-3H3,(H,17,21)/t12-/m0/s1. The summed E-state index contributed by atoms with van der Waals surface area (Å²) in [5.41, 5.74) is 0.971. The maximum Gasteiger partial charge on any atom is 0.317 e. The smallest absolute Gasteiger partial charge is 0.317 e. The van der Waals surface area contributed by atoms with Gasteiger partial charge in [0, 0.05) is 19.2 Å². The first-order valence-corrected chi connectivity index (χ1v) is 7.09. The molecule has 2 rings (SSSR count). The van der Waals surface area contributed by atoms with Gasteiger partial charge in [-0.3, -0.25) is 4.68 Å². The van der Waals surface area contributed by atoms with Crippen molar-refractivity contribution < 1.29 is 9.53 Å². The number of carbonyl (C=O) groups is 1. The largest absolute Gasteiger partial charge is 0.496 e. The van der Waals surface area contributed by atoms with Gasteiger partial charge in [0.2, 0.25) is 0 Å². The van der Waals surface area contributed by atoms with E-state index in [1.54, 1.807) is 30.1 Å². The average molecular weight is 303 g/mol.